The number of hydrogen-bond acceptors (Lipinski definition) is 4. The van der Waals surface area contributed by atoms with Crippen molar-refractivity contribution >= 4 is 17.5 Å². The third kappa shape index (κ3) is 4.09. The second kappa shape index (κ2) is 8.15. The van der Waals surface area contributed by atoms with Crippen LogP contribution in [-0.2, 0) is 11.2 Å². The van der Waals surface area contributed by atoms with E-state index in [1.165, 1.54) is 0 Å². The van der Waals surface area contributed by atoms with Gasteiger partial charge in [-0.15, -0.1) is 0 Å². The lowest BCUT2D eigenvalue weighted by atomic mass is 9.96. The first-order valence-electron chi connectivity index (χ1n) is 9.52. The van der Waals surface area contributed by atoms with Crippen LogP contribution in [-0.4, -0.2) is 34.0 Å². The predicted octanol–water partition coefficient (Wildman–Crippen LogP) is 4.65. The van der Waals surface area contributed by atoms with E-state index in [9.17, 15) is 4.79 Å². The molecule has 1 aliphatic heterocycles. The lowest BCUT2D eigenvalue weighted by Gasteiger charge is -2.30. The summed E-state index contributed by atoms with van der Waals surface area (Å²) in [5.74, 6) is 1.65. The van der Waals surface area contributed by atoms with Gasteiger partial charge in [-0.25, -0.2) is 0 Å². The summed E-state index contributed by atoms with van der Waals surface area (Å²) in [6, 6.07) is 15.4. The lowest BCUT2D eigenvalue weighted by Crippen LogP contribution is -2.38. The summed E-state index contributed by atoms with van der Waals surface area (Å²) < 4.78 is 5.54. The maximum Gasteiger partial charge on any atom is 0.230 e. The molecule has 0 atom stereocenters. The smallest absolute Gasteiger partial charge is 0.230 e. The van der Waals surface area contributed by atoms with Crippen molar-refractivity contribution < 1.29 is 9.32 Å². The molecule has 0 spiro atoms. The number of rotatable bonds is 4. The topological polar surface area (TPSA) is 59.2 Å². The molecule has 0 saturated carbocycles. The maximum absolute atomic E-state index is 12.6. The molecule has 2 aromatic carbocycles. The van der Waals surface area contributed by atoms with E-state index >= 15 is 0 Å². The van der Waals surface area contributed by atoms with E-state index in [4.69, 9.17) is 16.1 Å². The molecule has 0 aliphatic carbocycles. The van der Waals surface area contributed by atoms with Gasteiger partial charge in [-0.3, -0.25) is 4.79 Å². The van der Waals surface area contributed by atoms with Crippen LogP contribution < -0.4 is 0 Å². The van der Waals surface area contributed by atoms with Crippen LogP contribution in [0.3, 0.4) is 0 Å². The van der Waals surface area contributed by atoms with Crippen LogP contribution in [0.5, 0.6) is 0 Å². The Kier molecular flexibility index (Phi) is 5.44. The van der Waals surface area contributed by atoms with Gasteiger partial charge in [-0.2, -0.15) is 4.98 Å². The Bertz CT molecular complexity index is 960. The molecule has 28 heavy (non-hydrogen) atoms. The molecule has 1 amide bonds. The Balaban J connectivity index is 1.36. The van der Waals surface area contributed by atoms with Crippen molar-refractivity contribution in [2.75, 3.05) is 13.1 Å². The lowest BCUT2D eigenvalue weighted by molar-refractivity contribution is -0.131. The molecule has 1 aliphatic rings. The van der Waals surface area contributed by atoms with Gasteiger partial charge in [0.05, 0.1) is 6.42 Å². The Morgan fingerprint density at radius 2 is 1.86 bits per heavy atom. The Hall–Kier alpha value is -2.66. The predicted molar refractivity (Wildman–Crippen MR) is 108 cm³/mol. The SMILES string of the molecule is Cc1ccccc1-c1noc(C2CCN(C(=O)Cc3ccc(Cl)cc3)CC2)n1. The van der Waals surface area contributed by atoms with Crippen molar-refractivity contribution in [3.8, 4) is 11.4 Å². The molecule has 6 heteroatoms. The number of aryl methyl sites for hydroxylation is 1. The van der Waals surface area contributed by atoms with E-state index in [1.54, 1.807) is 0 Å². The Labute approximate surface area is 169 Å². The van der Waals surface area contributed by atoms with E-state index in [0.717, 1.165) is 29.5 Å². The number of benzene rings is 2. The van der Waals surface area contributed by atoms with Crippen LogP contribution in [0.2, 0.25) is 5.02 Å². The molecule has 0 unspecified atom stereocenters. The summed E-state index contributed by atoms with van der Waals surface area (Å²) in [5.41, 5.74) is 3.10. The average Bonchev–Trinajstić information content (AvgIpc) is 3.20. The van der Waals surface area contributed by atoms with E-state index < -0.39 is 0 Å². The number of carbonyl (C=O) groups excluding carboxylic acids is 1. The zero-order valence-corrected chi connectivity index (χ0v) is 16.5. The number of likely N-dealkylation sites (tertiary alicyclic amines) is 1. The minimum absolute atomic E-state index is 0.145. The van der Waals surface area contributed by atoms with Gasteiger partial charge in [0.1, 0.15) is 0 Å². The molecular formula is C22H22ClN3O2. The Morgan fingerprint density at radius 1 is 1.14 bits per heavy atom. The van der Waals surface area contributed by atoms with Crippen LogP contribution in [0, 0.1) is 6.92 Å². The second-order valence-corrected chi connectivity index (χ2v) is 7.67. The summed E-state index contributed by atoms with van der Waals surface area (Å²) in [6.45, 7) is 3.45. The van der Waals surface area contributed by atoms with Gasteiger partial charge in [-0.05, 0) is 43.0 Å². The molecular weight excluding hydrogens is 374 g/mol. The van der Waals surface area contributed by atoms with Gasteiger partial charge in [0.15, 0.2) is 0 Å². The number of aromatic nitrogens is 2. The molecule has 0 bridgehead atoms. The summed E-state index contributed by atoms with van der Waals surface area (Å²) in [7, 11) is 0. The van der Waals surface area contributed by atoms with Crippen molar-refractivity contribution in [2.45, 2.75) is 32.1 Å². The summed E-state index contributed by atoms with van der Waals surface area (Å²) >= 11 is 5.91. The van der Waals surface area contributed by atoms with Crippen LogP contribution in [0.25, 0.3) is 11.4 Å². The van der Waals surface area contributed by atoms with Gasteiger partial charge in [0.2, 0.25) is 17.6 Å². The van der Waals surface area contributed by atoms with Crippen LogP contribution >= 0.6 is 11.6 Å². The number of hydrogen-bond donors (Lipinski definition) is 0. The third-order valence-corrected chi connectivity index (χ3v) is 5.55. The minimum Gasteiger partial charge on any atom is -0.342 e. The van der Waals surface area contributed by atoms with Gasteiger partial charge in [0, 0.05) is 29.6 Å². The molecule has 4 rings (SSSR count). The number of piperidine rings is 1. The maximum atomic E-state index is 12.6. The van der Waals surface area contributed by atoms with Gasteiger partial charge in [-0.1, -0.05) is 53.2 Å². The summed E-state index contributed by atoms with van der Waals surface area (Å²) in [4.78, 5) is 19.1. The molecule has 5 nitrogen and oxygen atoms in total. The van der Waals surface area contributed by atoms with E-state index in [2.05, 4.69) is 10.1 Å². The van der Waals surface area contributed by atoms with E-state index in [-0.39, 0.29) is 11.8 Å². The van der Waals surface area contributed by atoms with Crippen LogP contribution in [0.1, 0.15) is 35.8 Å². The van der Waals surface area contributed by atoms with Gasteiger partial charge >= 0.3 is 0 Å². The van der Waals surface area contributed by atoms with E-state index in [0.29, 0.717) is 36.2 Å². The van der Waals surface area contributed by atoms with Crippen LogP contribution in [0.15, 0.2) is 53.1 Å². The molecule has 0 N–H and O–H groups in total. The minimum atomic E-state index is 0.145. The first-order valence-corrected chi connectivity index (χ1v) is 9.90. The summed E-state index contributed by atoms with van der Waals surface area (Å²) in [6.07, 6.45) is 2.07. The summed E-state index contributed by atoms with van der Waals surface area (Å²) in [5, 5.41) is 4.84. The highest BCUT2D eigenvalue weighted by molar-refractivity contribution is 6.30. The number of carbonyl (C=O) groups is 1. The number of halogens is 1. The molecule has 0 radical (unpaired) electrons. The first kappa shape index (κ1) is 18.7. The fraction of sp³-hybridized carbons (Fsp3) is 0.318. The van der Waals surface area contributed by atoms with Gasteiger partial charge < -0.3 is 9.42 Å². The molecule has 2 heterocycles. The highest BCUT2D eigenvalue weighted by atomic mass is 35.5. The van der Waals surface area contributed by atoms with Gasteiger partial charge in [0.25, 0.3) is 0 Å². The van der Waals surface area contributed by atoms with Crippen molar-refractivity contribution in [3.63, 3.8) is 0 Å². The molecule has 144 valence electrons. The quantitative estimate of drug-likeness (QED) is 0.645. The third-order valence-electron chi connectivity index (χ3n) is 5.29. The van der Waals surface area contributed by atoms with Crippen molar-refractivity contribution in [1.29, 1.82) is 0 Å². The molecule has 1 aromatic heterocycles. The monoisotopic (exact) mass is 395 g/mol. The first-order chi connectivity index (χ1) is 13.6. The normalized spacial score (nSPS) is 15.0. The highest BCUT2D eigenvalue weighted by Crippen LogP contribution is 2.29. The van der Waals surface area contributed by atoms with E-state index in [1.807, 2.05) is 60.4 Å². The average molecular weight is 396 g/mol. The van der Waals surface area contributed by atoms with Crippen molar-refractivity contribution in [1.82, 2.24) is 15.0 Å². The zero-order valence-electron chi connectivity index (χ0n) is 15.8. The molecule has 3 aromatic rings. The van der Waals surface area contributed by atoms with Crippen molar-refractivity contribution in [2.24, 2.45) is 0 Å². The molecule has 1 fully saturated rings. The fourth-order valence-corrected chi connectivity index (χ4v) is 3.72. The van der Waals surface area contributed by atoms with Crippen LogP contribution in [0.4, 0.5) is 0 Å². The fourth-order valence-electron chi connectivity index (χ4n) is 3.60. The number of amides is 1. The largest absolute Gasteiger partial charge is 0.342 e. The standard InChI is InChI=1S/C22H22ClN3O2/c1-15-4-2-3-5-19(15)21-24-22(28-25-21)17-10-12-26(13-11-17)20(27)14-16-6-8-18(23)9-7-16/h2-9,17H,10-14H2,1H3. The Morgan fingerprint density at radius 3 is 2.57 bits per heavy atom. The molecule has 1 saturated heterocycles. The van der Waals surface area contributed by atoms with Crippen molar-refractivity contribution in [3.05, 3.63) is 70.6 Å². The zero-order chi connectivity index (χ0) is 19.5. The number of nitrogens with zero attached hydrogens (tertiary/aromatic N) is 3. The highest BCUT2D eigenvalue weighted by Gasteiger charge is 2.27. The second-order valence-electron chi connectivity index (χ2n) is 7.23.